The fourth-order valence-electron chi connectivity index (χ4n) is 1.85. The molecule has 0 heterocycles. The Morgan fingerprint density at radius 3 is 2.76 bits per heavy atom. The van der Waals surface area contributed by atoms with Crippen LogP contribution in [-0.4, -0.2) is 35.4 Å². The predicted octanol–water partition coefficient (Wildman–Crippen LogP) is 2.90. The molecular weight excluding hydrogens is 290 g/mol. The first kappa shape index (κ1) is 17.3. The Hall–Kier alpha value is -1.76. The lowest BCUT2D eigenvalue weighted by atomic mass is 10.1. The normalized spacial score (nSPS) is 11.8. The van der Waals surface area contributed by atoms with E-state index < -0.39 is 4.92 Å². The van der Waals surface area contributed by atoms with E-state index in [1.54, 1.807) is 17.8 Å². The van der Waals surface area contributed by atoms with Crippen molar-refractivity contribution in [1.29, 1.82) is 0 Å². The predicted molar refractivity (Wildman–Crippen MR) is 87.2 cm³/mol. The van der Waals surface area contributed by atoms with Crippen molar-refractivity contribution in [1.82, 2.24) is 5.32 Å². The maximum Gasteiger partial charge on any atom is 0.292 e. The van der Waals surface area contributed by atoms with Gasteiger partial charge in [0, 0.05) is 24.2 Å². The molecule has 1 amide bonds. The second-order valence-electron chi connectivity index (χ2n) is 4.68. The lowest BCUT2D eigenvalue weighted by Gasteiger charge is -2.15. The number of nitro benzene ring substituents is 1. The first-order valence-electron chi connectivity index (χ1n) is 6.81. The van der Waals surface area contributed by atoms with E-state index in [4.69, 9.17) is 0 Å². The molecule has 0 saturated heterocycles. The van der Waals surface area contributed by atoms with Gasteiger partial charge in [-0.15, -0.1) is 0 Å². The van der Waals surface area contributed by atoms with E-state index >= 15 is 0 Å². The van der Waals surface area contributed by atoms with Crippen LogP contribution < -0.4 is 10.6 Å². The van der Waals surface area contributed by atoms with E-state index in [-0.39, 0.29) is 17.6 Å². The smallest absolute Gasteiger partial charge is 0.292 e. The van der Waals surface area contributed by atoms with Gasteiger partial charge in [-0.25, -0.2) is 0 Å². The highest BCUT2D eigenvalue weighted by Crippen LogP contribution is 2.26. The number of amides is 1. The van der Waals surface area contributed by atoms with Crippen LogP contribution in [0.15, 0.2) is 18.2 Å². The first-order chi connectivity index (χ1) is 9.99. The van der Waals surface area contributed by atoms with E-state index in [0.717, 1.165) is 12.2 Å². The minimum atomic E-state index is -0.439. The third-order valence-electron chi connectivity index (χ3n) is 2.95. The number of carbonyl (C=O) groups is 1. The molecule has 0 saturated carbocycles. The van der Waals surface area contributed by atoms with Gasteiger partial charge in [-0.05, 0) is 44.4 Å². The van der Waals surface area contributed by atoms with Gasteiger partial charge in [0.05, 0.1) is 4.92 Å². The molecule has 1 rings (SSSR count). The summed E-state index contributed by atoms with van der Waals surface area (Å²) in [6.45, 7) is 4.31. The molecule has 1 atom stereocenters. The summed E-state index contributed by atoms with van der Waals surface area (Å²) in [5.41, 5.74) is 0.790. The summed E-state index contributed by atoms with van der Waals surface area (Å²) in [7, 11) is 0. The van der Waals surface area contributed by atoms with Gasteiger partial charge in [-0.1, -0.05) is 0 Å². The molecule has 0 spiro atoms. The molecule has 6 nitrogen and oxygen atoms in total. The highest BCUT2D eigenvalue weighted by atomic mass is 32.2. The van der Waals surface area contributed by atoms with Gasteiger partial charge in [-0.3, -0.25) is 14.9 Å². The summed E-state index contributed by atoms with van der Waals surface area (Å²) >= 11 is 1.73. The van der Waals surface area contributed by atoms with Gasteiger partial charge < -0.3 is 10.6 Å². The average Bonchev–Trinajstić information content (AvgIpc) is 2.45. The summed E-state index contributed by atoms with van der Waals surface area (Å²) < 4.78 is 0. The number of nitrogens with zero attached hydrogens (tertiary/aromatic N) is 1. The van der Waals surface area contributed by atoms with E-state index in [9.17, 15) is 14.9 Å². The van der Waals surface area contributed by atoms with E-state index in [2.05, 4.69) is 10.6 Å². The van der Waals surface area contributed by atoms with E-state index in [0.29, 0.717) is 17.8 Å². The molecule has 2 N–H and O–H groups in total. The van der Waals surface area contributed by atoms with Crippen molar-refractivity contribution < 1.29 is 9.72 Å². The zero-order valence-electron chi connectivity index (χ0n) is 12.5. The van der Waals surface area contributed by atoms with Gasteiger partial charge in [-0.2, -0.15) is 11.8 Å². The molecule has 116 valence electrons. The minimum Gasteiger partial charge on any atom is -0.377 e. The van der Waals surface area contributed by atoms with Crippen molar-refractivity contribution in [3.05, 3.63) is 33.9 Å². The highest BCUT2D eigenvalue weighted by Gasteiger charge is 2.18. The summed E-state index contributed by atoms with van der Waals surface area (Å²) in [6.07, 6.45) is 2.91. The maximum atomic E-state index is 11.8. The van der Waals surface area contributed by atoms with Crippen LogP contribution in [0.3, 0.4) is 0 Å². The highest BCUT2D eigenvalue weighted by molar-refractivity contribution is 7.98. The van der Waals surface area contributed by atoms with Crippen LogP contribution in [-0.2, 0) is 0 Å². The van der Waals surface area contributed by atoms with Crippen molar-refractivity contribution in [2.75, 3.05) is 23.9 Å². The Bertz CT molecular complexity index is 508. The van der Waals surface area contributed by atoms with E-state index in [1.807, 2.05) is 20.1 Å². The molecule has 7 heteroatoms. The summed E-state index contributed by atoms with van der Waals surface area (Å²) in [5, 5.41) is 16.9. The first-order valence-corrected chi connectivity index (χ1v) is 8.21. The van der Waals surface area contributed by atoms with Crippen molar-refractivity contribution in [3.63, 3.8) is 0 Å². The Morgan fingerprint density at radius 1 is 1.48 bits per heavy atom. The summed E-state index contributed by atoms with van der Waals surface area (Å²) in [5.74, 6) is 0.741. The number of rotatable bonds is 8. The Kier molecular flexibility index (Phi) is 7.01. The van der Waals surface area contributed by atoms with Crippen molar-refractivity contribution in [2.24, 2.45) is 0 Å². The maximum absolute atomic E-state index is 11.8. The molecule has 1 aromatic carbocycles. The molecule has 0 fully saturated rings. The number of carbonyl (C=O) groups excluding carboxylic acids is 1. The molecular formula is C14H21N3O3S. The number of thioether (sulfide) groups is 1. The zero-order chi connectivity index (χ0) is 15.8. The van der Waals surface area contributed by atoms with Crippen LogP contribution in [0.1, 0.15) is 30.6 Å². The summed E-state index contributed by atoms with van der Waals surface area (Å²) in [6, 6.07) is 4.48. The molecule has 0 aliphatic rings. The quantitative estimate of drug-likeness (QED) is 0.569. The van der Waals surface area contributed by atoms with Crippen molar-refractivity contribution >= 4 is 29.0 Å². The number of benzene rings is 1. The fraction of sp³-hybridized carbons (Fsp3) is 0.500. The van der Waals surface area contributed by atoms with Crippen LogP contribution in [0.4, 0.5) is 11.4 Å². The number of nitrogens with one attached hydrogen (secondary N) is 2. The van der Waals surface area contributed by atoms with Gasteiger partial charge in [0.2, 0.25) is 0 Å². The summed E-state index contributed by atoms with van der Waals surface area (Å²) in [4.78, 5) is 22.5. The van der Waals surface area contributed by atoms with Gasteiger partial charge in [0.15, 0.2) is 0 Å². The van der Waals surface area contributed by atoms with Gasteiger partial charge in [0.25, 0.3) is 11.6 Å². The van der Waals surface area contributed by atoms with E-state index in [1.165, 1.54) is 12.1 Å². The van der Waals surface area contributed by atoms with Crippen molar-refractivity contribution in [2.45, 2.75) is 26.3 Å². The lowest BCUT2D eigenvalue weighted by molar-refractivity contribution is -0.384. The standard InChI is InChI=1S/C14H21N3O3S/c1-4-15-14(18)11-5-6-13(17(19)20)12(9-11)16-10(2)7-8-21-3/h5-6,9-10,16H,4,7-8H2,1-3H3,(H,15,18). The number of hydrogen-bond donors (Lipinski definition) is 2. The molecule has 0 radical (unpaired) electrons. The number of nitro groups is 1. The lowest BCUT2D eigenvalue weighted by Crippen LogP contribution is -2.23. The fourth-order valence-corrected chi connectivity index (χ4v) is 2.44. The Balaban J connectivity index is 2.98. The molecule has 1 aromatic rings. The van der Waals surface area contributed by atoms with Crippen LogP contribution >= 0.6 is 11.8 Å². The Labute approximate surface area is 128 Å². The topological polar surface area (TPSA) is 84.3 Å². The minimum absolute atomic E-state index is 0.0148. The second-order valence-corrected chi connectivity index (χ2v) is 5.66. The molecule has 0 aliphatic carbocycles. The molecule has 0 aromatic heterocycles. The molecule has 0 bridgehead atoms. The SMILES string of the molecule is CCNC(=O)c1ccc([N+](=O)[O-])c(NC(C)CCSC)c1. The third-order valence-corrected chi connectivity index (χ3v) is 3.59. The molecule has 1 unspecified atom stereocenters. The van der Waals surface area contributed by atoms with Gasteiger partial charge in [0.1, 0.15) is 5.69 Å². The second kappa shape index (κ2) is 8.51. The van der Waals surface area contributed by atoms with Crippen LogP contribution in [0.25, 0.3) is 0 Å². The van der Waals surface area contributed by atoms with Gasteiger partial charge >= 0.3 is 0 Å². The van der Waals surface area contributed by atoms with Crippen molar-refractivity contribution in [3.8, 4) is 0 Å². The average molecular weight is 311 g/mol. The van der Waals surface area contributed by atoms with Crippen LogP contribution in [0.5, 0.6) is 0 Å². The van der Waals surface area contributed by atoms with Crippen LogP contribution in [0, 0.1) is 10.1 Å². The Morgan fingerprint density at radius 2 is 2.19 bits per heavy atom. The molecule has 21 heavy (non-hydrogen) atoms. The largest absolute Gasteiger partial charge is 0.377 e. The van der Waals surface area contributed by atoms with Crippen LogP contribution in [0.2, 0.25) is 0 Å². The molecule has 0 aliphatic heterocycles. The number of hydrogen-bond acceptors (Lipinski definition) is 5. The monoisotopic (exact) mass is 311 g/mol. The third kappa shape index (κ3) is 5.26. The number of anilines is 1. The zero-order valence-corrected chi connectivity index (χ0v) is 13.3.